The lowest BCUT2D eigenvalue weighted by Gasteiger charge is -2.16. The molecule has 0 aliphatic heterocycles. The van der Waals surface area contributed by atoms with Crippen molar-refractivity contribution in [1.29, 1.82) is 0 Å². The van der Waals surface area contributed by atoms with Gasteiger partial charge in [-0.25, -0.2) is 9.59 Å². The third-order valence-electron chi connectivity index (χ3n) is 3.32. The standard InChI is InChI=1S/C13H19NO.C2H2O4/c15-13(11-6-2-1-3-7-11)10-14-12-8-4-5-9-12;3-1(4)2(5)6/h1-3,6-7,12-15H,4-5,8-10H2;(H,3,4)(H,5,6). The molecule has 0 heterocycles. The second-order valence-corrected chi connectivity index (χ2v) is 4.93. The van der Waals surface area contributed by atoms with Gasteiger partial charge in [0.2, 0.25) is 0 Å². The quantitative estimate of drug-likeness (QED) is 0.626. The molecular weight excluding hydrogens is 274 g/mol. The number of nitrogens with one attached hydrogen (secondary N) is 1. The molecule has 1 saturated carbocycles. The molecular formula is C15H21NO5. The van der Waals surface area contributed by atoms with Crippen LogP contribution in [0, 0.1) is 0 Å². The minimum absolute atomic E-state index is 0.369. The van der Waals surface area contributed by atoms with Crippen LogP contribution in [-0.2, 0) is 9.59 Å². The Morgan fingerprint density at radius 3 is 2.10 bits per heavy atom. The largest absolute Gasteiger partial charge is 0.473 e. The molecule has 1 aromatic carbocycles. The number of rotatable bonds is 4. The summed E-state index contributed by atoms with van der Waals surface area (Å²) >= 11 is 0. The predicted molar refractivity (Wildman–Crippen MR) is 76.9 cm³/mol. The fraction of sp³-hybridized carbons (Fsp3) is 0.467. The van der Waals surface area contributed by atoms with Crippen LogP contribution in [-0.4, -0.2) is 39.8 Å². The number of aliphatic hydroxyl groups excluding tert-OH is 1. The van der Waals surface area contributed by atoms with E-state index in [0.29, 0.717) is 12.6 Å². The maximum absolute atomic E-state index is 9.92. The van der Waals surface area contributed by atoms with Gasteiger partial charge in [-0.3, -0.25) is 0 Å². The zero-order valence-corrected chi connectivity index (χ0v) is 11.7. The number of aliphatic carboxylic acids is 2. The van der Waals surface area contributed by atoms with Gasteiger partial charge in [0.15, 0.2) is 0 Å². The van der Waals surface area contributed by atoms with E-state index in [1.807, 2.05) is 30.3 Å². The van der Waals surface area contributed by atoms with Crippen LogP contribution in [0.25, 0.3) is 0 Å². The SMILES string of the molecule is O=C(O)C(=O)O.OC(CNC1CCCC1)c1ccccc1. The van der Waals surface area contributed by atoms with Crippen LogP contribution in [0.2, 0.25) is 0 Å². The Kier molecular flexibility index (Phi) is 7.42. The van der Waals surface area contributed by atoms with E-state index in [4.69, 9.17) is 19.8 Å². The smallest absolute Gasteiger partial charge is 0.414 e. The molecule has 0 amide bonds. The molecule has 6 nitrogen and oxygen atoms in total. The molecule has 1 atom stereocenters. The van der Waals surface area contributed by atoms with E-state index in [1.54, 1.807) is 0 Å². The van der Waals surface area contributed by atoms with Crippen molar-refractivity contribution in [3.05, 3.63) is 35.9 Å². The maximum atomic E-state index is 9.92. The molecule has 0 bridgehead atoms. The molecule has 1 fully saturated rings. The van der Waals surface area contributed by atoms with Crippen molar-refractivity contribution in [3.8, 4) is 0 Å². The fourth-order valence-corrected chi connectivity index (χ4v) is 2.20. The van der Waals surface area contributed by atoms with Gasteiger partial charge in [0.1, 0.15) is 0 Å². The first-order valence-corrected chi connectivity index (χ1v) is 6.93. The van der Waals surface area contributed by atoms with Crippen LogP contribution in [0.5, 0.6) is 0 Å². The fourth-order valence-electron chi connectivity index (χ4n) is 2.20. The van der Waals surface area contributed by atoms with E-state index >= 15 is 0 Å². The van der Waals surface area contributed by atoms with E-state index in [9.17, 15) is 5.11 Å². The zero-order valence-electron chi connectivity index (χ0n) is 11.7. The lowest BCUT2D eigenvalue weighted by atomic mass is 10.1. The second-order valence-electron chi connectivity index (χ2n) is 4.93. The lowest BCUT2D eigenvalue weighted by molar-refractivity contribution is -0.159. The summed E-state index contributed by atoms with van der Waals surface area (Å²) in [6.45, 7) is 0.675. The van der Waals surface area contributed by atoms with E-state index in [0.717, 1.165) is 5.56 Å². The van der Waals surface area contributed by atoms with Crippen molar-refractivity contribution >= 4 is 11.9 Å². The number of carboxylic acid groups (broad SMARTS) is 2. The first-order chi connectivity index (χ1) is 10.0. The molecule has 1 aliphatic rings. The van der Waals surface area contributed by atoms with Crippen molar-refractivity contribution in [2.45, 2.75) is 37.8 Å². The van der Waals surface area contributed by atoms with Gasteiger partial charge in [-0.05, 0) is 18.4 Å². The van der Waals surface area contributed by atoms with E-state index in [2.05, 4.69) is 5.32 Å². The molecule has 0 aromatic heterocycles. The van der Waals surface area contributed by atoms with Gasteiger partial charge in [0, 0.05) is 12.6 Å². The molecule has 4 N–H and O–H groups in total. The van der Waals surface area contributed by atoms with Crippen LogP contribution >= 0.6 is 0 Å². The van der Waals surface area contributed by atoms with Crippen LogP contribution in [0.1, 0.15) is 37.4 Å². The van der Waals surface area contributed by atoms with Gasteiger partial charge < -0.3 is 20.6 Å². The summed E-state index contributed by atoms with van der Waals surface area (Å²) < 4.78 is 0. The van der Waals surface area contributed by atoms with Crippen molar-refractivity contribution in [2.75, 3.05) is 6.54 Å². The van der Waals surface area contributed by atoms with Gasteiger partial charge in [0.25, 0.3) is 0 Å². The summed E-state index contributed by atoms with van der Waals surface area (Å²) in [4.78, 5) is 18.2. The van der Waals surface area contributed by atoms with Crippen molar-refractivity contribution in [1.82, 2.24) is 5.32 Å². The Labute approximate surface area is 123 Å². The summed E-state index contributed by atoms with van der Waals surface area (Å²) in [6.07, 6.45) is 4.83. The Morgan fingerprint density at radius 1 is 1.10 bits per heavy atom. The molecule has 1 aliphatic carbocycles. The highest BCUT2D eigenvalue weighted by Gasteiger charge is 2.15. The highest BCUT2D eigenvalue weighted by Crippen LogP contribution is 2.18. The predicted octanol–water partition coefficient (Wildman–Crippen LogP) is 1.41. The van der Waals surface area contributed by atoms with E-state index in [-0.39, 0.29) is 6.10 Å². The number of hydrogen-bond acceptors (Lipinski definition) is 4. The van der Waals surface area contributed by atoms with Gasteiger partial charge in [0.05, 0.1) is 6.10 Å². The molecule has 0 spiro atoms. The molecule has 116 valence electrons. The van der Waals surface area contributed by atoms with Gasteiger partial charge in [-0.1, -0.05) is 43.2 Å². The number of hydrogen-bond donors (Lipinski definition) is 4. The van der Waals surface area contributed by atoms with E-state index < -0.39 is 11.9 Å². The molecule has 21 heavy (non-hydrogen) atoms. The average Bonchev–Trinajstić information content (AvgIpc) is 2.99. The molecule has 1 aromatic rings. The Morgan fingerprint density at radius 2 is 1.62 bits per heavy atom. The second kappa shape index (κ2) is 9.10. The molecule has 0 radical (unpaired) electrons. The van der Waals surface area contributed by atoms with Crippen LogP contribution in [0.15, 0.2) is 30.3 Å². The minimum atomic E-state index is -1.82. The van der Waals surface area contributed by atoms with Gasteiger partial charge >= 0.3 is 11.9 Å². The summed E-state index contributed by atoms with van der Waals surface area (Å²) in [5, 5.41) is 28.1. The van der Waals surface area contributed by atoms with Crippen LogP contribution in [0.4, 0.5) is 0 Å². The summed E-state index contributed by atoms with van der Waals surface area (Å²) in [5.74, 6) is -3.65. The van der Waals surface area contributed by atoms with Gasteiger partial charge in [-0.15, -0.1) is 0 Å². The van der Waals surface area contributed by atoms with Crippen molar-refractivity contribution in [2.24, 2.45) is 0 Å². The molecule has 1 unspecified atom stereocenters. The monoisotopic (exact) mass is 295 g/mol. The minimum Gasteiger partial charge on any atom is -0.473 e. The van der Waals surface area contributed by atoms with E-state index in [1.165, 1.54) is 25.7 Å². The molecule has 2 rings (SSSR count). The summed E-state index contributed by atoms with van der Waals surface area (Å²) in [5.41, 5.74) is 1.00. The number of aliphatic hydroxyl groups is 1. The topological polar surface area (TPSA) is 107 Å². The normalized spacial score (nSPS) is 15.9. The highest BCUT2D eigenvalue weighted by atomic mass is 16.4. The zero-order chi connectivity index (χ0) is 15.7. The number of benzene rings is 1. The number of carboxylic acids is 2. The first kappa shape index (κ1) is 17.1. The van der Waals surface area contributed by atoms with Crippen molar-refractivity contribution < 1.29 is 24.9 Å². The third kappa shape index (κ3) is 6.87. The highest BCUT2D eigenvalue weighted by molar-refractivity contribution is 6.27. The lowest BCUT2D eigenvalue weighted by Crippen LogP contribution is -2.30. The Balaban J connectivity index is 0.000000315. The first-order valence-electron chi connectivity index (χ1n) is 6.93. The summed E-state index contributed by atoms with van der Waals surface area (Å²) in [6, 6.07) is 10.5. The molecule has 6 heteroatoms. The van der Waals surface area contributed by atoms with Gasteiger partial charge in [-0.2, -0.15) is 0 Å². The van der Waals surface area contributed by atoms with Crippen LogP contribution < -0.4 is 5.32 Å². The Hall–Kier alpha value is -1.92. The van der Waals surface area contributed by atoms with Crippen LogP contribution in [0.3, 0.4) is 0 Å². The number of carbonyl (C=O) groups is 2. The maximum Gasteiger partial charge on any atom is 0.414 e. The average molecular weight is 295 g/mol. The summed E-state index contributed by atoms with van der Waals surface area (Å²) in [7, 11) is 0. The Bertz CT molecular complexity index is 431. The molecule has 0 saturated heterocycles. The third-order valence-corrected chi connectivity index (χ3v) is 3.32. The van der Waals surface area contributed by atoms with Crippen molar-refractivity contribution in [3.63, 3.8) is 0 Å².